The Bertz CT molecular complexity index is 823. The molecule has 1 fully saturated rings. The van der Waals surface area contributed by atoms with Crippen molar-refractivity contribution in [1.82, 2.24) is 0 Å². The highest BCUT2D eigenvalue weighted by molar-refractivity contribution is 7.56. The Balaban J connectivity index is 1.92. The van der Waals surface area contributed by atoms with Gasteiger partial charge in [-0.3, -0.25) is 0 Å². The fourth-order valence-electron chi connectivity index (χ4n) is 4.48. The van der Waals surface area contributed by atoms with Crippen LogP contribution in [0.25, 0.3) is 5.47 Å². The molecule has 3 heterocycles. The van der Waals surface area contributed by atoms with E-state index in [1.165, 1.54) is 52.7 Å². The van der Waals surface area contributed by atoms with E-state index in [0.717, 1.165) is 5.92 Å². The summed E-state index contributed by atoms with van der Waals surface area (Å²) in [6.45, 7) is 5.30. The first-order valence-corrected chi connectivity index (χ1v) is 15.3. The maximum Gasteiger partial charge on any atom is 0.267 e. The van der Waals surface area contributed by atoms with Gasteiger partial charge in [0.1, 0.15) is 0 Å². The average Bonchev–Trinajstić information content (AvgIpc) is 3.48. The molecule has 0 aliphatic heterocycles. The number of allylic oxidation sites excluding steroid dienone is 1. The minimum absolute atomic E-state index is 0.0409. The summed E-state index contributed by atoms with van der Waals surface area (Å²) in [6.07, 6.45) is 8.29. The molecule has 0 bridgehead atoms. The van der Waals surface area contributed by atoms with E-state index in [1.54, 1.807) is 11.0 Å². The summed E-state index contributed by atoms with van der Waals surface area (Å²) in [5.74, 6) is 0.776. The second-order valence-electron chi connectivity index (χ2n) is 7.95. The van der Waals surface area contributed by atoms with Crippen LogP contribution < -0.4 is 9.55 Å². The van der Waals surface area contributed by atoms with E-state index in [4.69, 9.17) is 0 Å². The van der Waals surface area contributed by atoms with Crippen molar-refractivity contribution in [2.24, 2.45) is 5.92 Å². The fourth-order valence-corrected chi connectivity index (χ4v) is 8.21. The maximum absolute atomic E-state index is 2.45. The molecule has 0 saturated heterocycles. The molecule has 0 unspecified atom stereocenters. The molecule has 1 aliphatic carbocycles. The number of rotatable bonds is 7. The summed E-state index contributed by atoms with van der Waals surface area (Å²) >= 11 is 5.77. The zero-order chi connectivity index (χ0) is 19.3. The summed E-state index contributed by atoms with van der Waals surface area (Å²) in [5.41, 5.74) is 3.42. The van der Waals surface area contributed by atoms with Crippen molar-refractivity contribution in [2.75, 3.05) is 19.5 Å². The van der Waals surface area contributed by atoms with E-state index in [-0.39, 0.29) is 7.92 Å². The molecule has 0 aromatic carbocycles. The largest absolute Gasteiger partial charge is 0.267 e. The molecule has 1 aliphatic rings. The number of thiophene rings is 3. The lowest BCUT2D eigenvalue weighted by Gasteiger charge is -2.30. The molecule has 0 spiro atoms. The van der Waals surface area contributed by atoms with Crippen LogP contribution in [0.3, 0.4) is 0 Å². The highest BCUT2D eigenvalue weighted by Gasteiger charge is 2.33. The predicted molar refractivity (Wildman–Crippen MR) is 135 cm³/mol. The molecule has 0 radical (unpaired) electrons. The van der Waals surface area contributed by atoms with Gasteiger partial charge in [0.05, 0.1) is 0 Å². The summed E-state index contributed by atoms with van der Waals surface area (Å²) in [5, 5.41) is 6.75. The van der Waals surface area contributed by atoms with Gasteiger partial charge in [0.25, 0.3) is 6.71 Å². The molecule has 0 atom stereocenters. The van der Waals surface area contributed by atoms with E-state index in [9.17, 15) is 0 Å². The van der Waals surface area contributed by atoms with E-state index < -0.39 is 0 Å². The Hall–Kier alpha value is -0.665. The average molecular weight is 442 g/mol. The maximum atomic E-state index is 2.45. The smallest absolute Gasteiger partial charge is 0.158 e. The van der Waals surface area contributed by atoms with Gasteiger partial charge in [-0.15, -0.1) is 19.3 Å². The zero-order valence-electron chi connectivity index (χ0n) is 16.8. The third kappa shape index (κ3) is 4.73. The van der Waals surface area contributed by atoms with Gasteiger partial charge in [0.15, 0.2) is 0 Å². The van der Waals surface area contributed by atoms with Crippen molar-refractivity contribution in [2.45, 2.75) is 32.1 Å². The van der Waals surface area contributed by atoms with Gasteiger partial charge in [-0.2, -0.15) is 22.7 Å². The van der Waals surface area contributed by atoms with Crippen molar-refractivity contribution in [1.29, 1.82) is 0 Å². The predicted octanol–water partition coefficient (Wildman–Crippen LogP) is 6.79. The lowest BCUT2D eigenvalue weighted by Crippen LogP contribution is -2.41. The molecule has 1 saturated carbocycles. The van der Waals surface area contributed by atoms with Crippen LogP contribution >= 0.6 is 41.9 Å². The first kappa shape index (κ1) is 20.6. The molecule has 0 amide bonds. The molecule has 0 N–H and O–H groups in total. The highest BCUT2D eigenvalue weighted by Crippen LogP contribution is 2.42. The quantitative estimate of drug-likeness (QED) is 0.279. The normalized spacial score (nSPS) is 16.4. The summed E-state index contributed by atoms with van der Waals surface area (Å²) < 4.78 is 2.99. The molecular weight excluding hydrogens is 414 g/mol. The fraction of sp³-hybridized carbons (Fsp3) is 0.391. The van der Waals surface area contributed by atoms with Crippen LogP contribution in [-0.4, -0.2) is 26.2 Å². The number of hydrogen-bond acceptors (Lipinski definition) is 3. The second-order valence-corrected chi connectivity index (χ2v) is 13.3. The molecule has 3 aromatic heterocycles. The second kappa shape index (κ2) is 9.89. The molecule has 4 rings (SSSR count). The van der Waals surface area contributed by atoms with Gasteiger partial charge in [-0.05, 0) is 75.5 Å². The third-order valence-electron chi connectivity index (χ3n) is 5.66. The standard InChI is InChI=1S/C23H28BPS3/c1-25(2)17-19(18-9-4-3-5-10-18)23(20-11-6-14-26-20)24(21-12-7-15-27-21)22-13-8-16-28-22/h6-8,11-16,18H,3-5,9-10,17H2,1-2H3/b23-19+. The summed E-state index contributed by atoms with van der Waals surface area (Å²) in [7, 11) is 0.0409. The topological polar surface area (TPSA) is 0 Å². The summed E-state index contributed by atoms with van der Waals surface area (Å²) in [6, 6.07) is 13.7. The van der Waals surface area contributed by atoms with Gasteiger partial charge in [0, 0.05) is 4.88 Å². The van der Waals surface area contributed by atoms with Gasteiger partial charge in [0.2, 0.25) is 0 Å². The molecule has 3 aromatic rings. The zero-order valence-corrected chi connectivity index (χ0v) is 20.1. The van der Waals surface area contributed by atoms with Crippen LogP contribution in [0.5, 0.6) is 0 Å². The Morgan fingerprint density at radius 3 is 2.00 bits per heavy atom. The van der Waals surface area contributed by atoms with Crippen LogP contribution in [0.4, 0.5) is 0 Å². The molecule has 28 heavy (non-hydrogen) atoms. The monoisotopic (exact) mass is 442 g/mol. The molecular formula is C23H28BPS3. The lowest BCUT2D eigenvalue weighted by atomic mass is 9.40. The van der Waals surface area contributed by atoms with Crippen molar-refractivity contribution in [3.8, 4) is 0 Å². The van der Waals surface area contributed by atoms with Crippen LogP contribution in [0.15, 0.2) is 58.1 Å². The minimum Gasteiger partial charge on any atom is -0.158 e. The first-order valence-electron chi connectivity index (χ1n) is 10.2. The molecule has 0 nitrogen and oxygen atoms in total. The van der Waals surface area contributed by atoms with Gasteiger partial charge in [-0.25, -0.2) is 0 Å². The Morgan fingerprint density at radius 2 is 1.50 bits per heavy atom. The minimum atomic E-state index is 0.0409. The van der Waals surface area contributed by atoms with E-state index in [1.807, 2.05) is 34.0 Å². The Morgan fingerprint density at radius 1 is 0.893 bits per heavy atom. The first-order chi connectivity index (χ1) is 13.7. The van der Waals surface area contributed by atoms with E-state index in [2.05, 4.69) is 65.9 Å². The van der Waals surface area contributed by atoms with Gasteiger partial charge in [-0.1, -0.05) is 55.2 Å². The van der Waals surface area contributed by atoms with Gasteiger partial charge < -0.3 is 0 Å². The van der Waals surface area contributed by atoms with Crippen LogP contribution in [0.2, 0.25) is 0 Å². The van der Waals surface area contributed by atoms with Gasteiger partial charge >= 0.3 is 0 Å². The van der Waals surface area contributed by atoms with E-state index in [0.29, 0.717) is 6.71 Å². The molecule has 146 valence electrons. The SMILES string of the molecule is CP(C)C/C(=C(\B(c1cccs1)c1cccs1)c1cccs1)C1CCCCC1. The van der Waals surface area contributed by atoms with Crippen molar-refractivity contribution < 1.29 is 0 Å². The van der Waals surface area contributed by atoms with E-state index >= 15 is 0 Å². The summed E-state index contributed by atoms with van der Waals surface area (Å²) in [4.78, 5) is 1.49. The van der Waals surface area contributed by atoms with Crippen molar-refractivity contribution in [3.63, 3.8) is 0 Å². The Labute approximate surface area is 183 Å². The van der Waals surface area contributed by atoms with Crippen molar-refractivity contribution in [3.05, 3.63) is 63.0 Å². The Kier molecular flexibility index (Phi) is 7.28. The number of hydrogen-bond donors (Lipinski definition) is 0. The third-order valence-corrected chi connectivity index (χ3v) is 9.41. The van der Waals surface area contributed by atoms with Crippen LogP contribution in [0, 0.1) is 5.92 Å². The molecule has 5 heteroatoms. The highest BCUT2D eigenvalue weighted by atomic mass is 32.1. The lowest BCUT2D eigenvalue weighted by molar-refractivity contribution is 0.405. The van der Waals surface area contributed by atoms with Crippen LogP contribution in [0.1, 0.15) is 37.0 Å². The van der Waals surface area contributed by atoms with Crippen molar-refractivity contribution >= 4 is 63.7 Å². The van der Waals surface area contributed by atoms with Crippen LogP contribution in [-0.2, 0) is 0 Å².